The van der Waals surface area contributed by atoms with Crippen molar-refractivity contribution in [3.8, 4) is 11.5 Å². The van der Waals surface area contributed by atoms with Crippen LogP contribution in [-0.2, 0) is 6.54 Å². The zero-order valence-corrected chi connectivity index (χ0v) is 18.3. The summed E-state index contributed by atoms with van der Waals surface area (Å²) in [5, 5.41) is 10.6. The number of hydrogen-bond donors (Lipinski definition) is 2. The van der Waals surface area contributed by atoms with Crippen LogP contribution in [0, 0.1) is 0 Å². The first-order valence-corrected chi connectivity index (χ1v) is 9.06. The van der Waals surface area contributed by atoms with Gasteiger partial charge in [-0.05, 0) is 25.0 Å². The molecular weight excluding hydrogens is 459 g/mol. The van der Waals surface area contributed by atoms with Crippen LogP contribution in [0.2, 0.25) is 0 Å². The molecular formula is C19H27IN4O3. The predicted molar refractivity (Wildman–Crippen MR) is 116 cm³/mol. The minimum Gasteiger partial charge on any atom is -0.490 e. The predicted octanol–water partition coefficient (Wildman–Crippen LogP) is 4.15. The van der Waals surface area contributed by atoms with Gasteiger partial charge in [-0.25, -0.2) is 4.99 Å². The Labute approximate surface area is 176 Å². The molecule has 1 aliphatic heterocycles. The number of nitrogens with one attached hydrogen (secondary N) is 2. The van der Waals surface area contributed by atoms with Crippen LogP contribution >= 0.6 is 24.0 Å². The number of nitrogens with zero attached hydrogens (tertiary/aromatic N) is 2. The summed E-state index contributed by atoms with van der Waals surface area (Å²) in [6.45, 7) is 8.70. The van der Waals surface area contributed by atoms with Crippen molar-refractivity contribution in [1.82, 2.24) is 10.5 Å². The van der Waals surface area contributed by atoms with E-state index in [1.807, 2.05) is 31.2 Å². The number of hydrogen-bond acceptors (Lipinski definition) is 5. The molecule has 148 valence electrons. The number of rotatable bonds is 5. The van der Waals surface area contributed by atoms with Gasteiger partial charge >= 0.3 is 0 Å². The van der Waals surface area contributed by atoms with E-state index in [1.165, 1.54) is 0 Å². The molecule has 0 atom stereocenters. The Kier molecular flexibility index (Phi) is 8.21. The highest BCUT2D eigenvalue weighted by Crippen LogP contribution is 2.32. The molecule has 27 heavy (non-hydrogen) atoms. The summed E-state index contributed by atoms with van der Waals surface area (Å²) in [5.41, 5.74) is 1.82. The van der Waals surface area contributed by atoms with Gasteiger partial charge in [0, 0.05) is 30.8 Å². The Morgan fingerprint density at radius 2 is 1.96 bits per heavy atom. The van der Waals surface area contributed by atoms with E-state index >= 15 is 0 Å². The maximum atomic E-state index is 5.74. The quantitative estimate of drug-likeness (QED) is 0.376. The van der Waals surface area contributed by atoms with E-state index in [-0.39, 0.29) is 24.0 Å². The molecule has 2 N–H and O–H groups in total. The third-order valence-corrected chi connectivity index (χ3v) is 3.92. The number of aliphatic imine (C=N–C) groups is 1. The van der Waals surface area contributed by atoms with Gasteiger partial charge in [-0.1, -0.05) is 19.0 Å². The van der Waals surface area contributed by atoms with E-state index in [9.17, 15) is 0 Å². The zero-order valence-electron chi connectivity index (χ0n) is 15.9. The van der Waals surface area contributed by atoms with Gasteiger partial charge in [0.1, 0.15) is 6.54 Å². The average molecular weight is 486 g/mol. The van der Waals surface area contributed by atoms with Crippen molar-refractivity contribution in [1.29, 1.82) is 0 Å². The summed E-state index contributed by atoms with van der Waals surface area (Å²) < 4.78 is 16.7. The third kappa shape index (κ3) is 6.02. The van der Waals surface area contributed by atoms with Crippen molar-refractivity contribution < 1.29 is 14.0 Å². The number of benzene rings is 1. The molecule has 1 aromatic heterocycles. The third-order valence-electron chi connectivity index (χ3n) is 3.92. The second-order valence-corrected chi connectivity index (χ2v) is 6.40. The van der Waals surface area contributed by atoms with Gasteiger partial charge < -0.3 is 24.6 Å². The minimum atomic E-state index is 0. The van der Waals surface area contributed by atoms with Gasteiger partial charge in [-0.15, -0.1) is 24.0 Å². The second kappa shape index (κ2) is 10.4. The van der Waals surface area contributed by atoms with E-state index in [0.29, 0.717) is 31.6 Å². The van der Waals surface area contributed by atoms with E-state index in [4.69, 9.17) is 14.0 Å². The van der Waals surface area contributed by atoms with Crippen LogP contribution in [0.25, 0.3) is 0 Å². The molecule has 3 rings (SSSR count). The molecule has 0 fully saturated rings. The Morgan fingerprint density at radius 3 is 2.67 bits per heavy atom. The molecule has 0 bridgehead atoms. The molecule has 7 nitrogen and oxygen atoms in total. The standard InChI is InChI=1S/C19H26N4O3.HI/c1-4-20-19(21-12-15-11-16(13(2)3)23-26-15)22-14-6-7-17-18(10-14)25-9-5-8-24-17;/h6-7,10-11,13H,4-5,8-9,12H2,1-3H3,(H2,20,21,22);1H. The molecule has 0 amide bonds. The first kappa shape index (κ1) is 21.3. The van der Waals surface area contributed by atoms with Gasteiger partial charge in [0.25, 0.3) is 0 Å². The van der Waals surface area contributed by atoms with Gasteiger partial charge in [0.05, 0.1) is 18.9 Å². The monoisotopic (exact) mass is 486 g/mol. The first-order valence-electron chi connectivity index (χ1n) is 9.06. The van der Waals surface area contributed by atoms with Crippen molar-refractivity contribution in [2.45, 2.75) is 39.7 Å². The lowest BCUT2D eigenvalue weighted by atomic mass is 10.1. The Hall–Kier alpha value is -1.97. The smallest absolute Gasteiger partial charge is 0.196 e. The maximum absolute atomic E-state index is 5.74. The van der Waals surface area contributed by atoms with Crippen LogP contribution in [0.1, 0.15) is 44.6 Å². The number of aromatic nitrogens is 1. The van der Waals surface area contributed by atoms with Crippen LogP contribution in [0.4, 0.5) is 5.69 Å². The molecule has 1 aliphatic rings. The van der Waals surface area contributed by atoms with Crippen molar-refractivity contribution in [3.63, 3.8) is 0 Å². The largest absolute Gasteiger partial charge is 0.490 e. The molecule has 8 heteroatoms. The Balaban J connectivity index is 0.00000261. The lowest BCUT2D eigenvalue weighted by Gasteiger charge is -2.13. The molecule has 0 unspecified atom stereocenters. The fourth-order valence-electron chi connectivity index (χ4n) is 2.52. The number of fused-ring (bicyclic) bond motifs is 1. The van der Waals surface area contributed by atoms with Crippen LogP contribution in [0.3, 0.4) is 0 Å². The molecule has 0 saturated carbocycles. The van der Waals surface area contributed by atoms with Crippen molar-refractivity contribution >= 4 is 35.6 Å². The minimum absolute atomic E-state index is 0. The van der Waals surface area contributed by atoms with Gasteiger partial charge in [0.2, 0.25) is 0 Å². The van der Waals surface area contributed by atoms with Crippen molar-refractivity contribution in [3.05, 3.63) is 35.7 Å². The van der Waals surface area contributed by atoms with Crippen LogP contribution in [0.5, 0.6) is 11.5 Å². The normalized spacial score (nSPS) is 13.7. The SMILES string of the molecule is CCNC(=NCc1cc(C(C)C)no1)Nc1ccc2c(c1)OCCCO2.I. The summed E-state index contributed by atoms with van der Waals surface area (Å²) in [4.78, 5) is 4.57. The lowest BCUT2D eigenvalue weighted by molar-refractivity contribution is 0.297. The molecule has 0 spiro atoms. The highest BCUT2D eigenvalue weighted by atomic mass is 127. The highest BCUT2D eigenvalue weighted by molar-refractivity contribution is 14.0. The van der Waals surface area contributed by atoms with Crippen molar-refractivity contribution in [2.75, 3.05) is 25.1 Å². The number of guanidine groups is 1. The van der Waals surface area contributed by atoms with Crippen molar-refractivity contribution in [2.24, 2.45) is 4.99 Å². The van der Waals surface area contributed by atoms with Crippen LogP contribution < -0.4 is 20.1 Å². The van der Waals surface area contributed by atoms with Crippen LogP contribution in [-0.4, -0.2) is 30.9 Å². The topological polar surface area (TPSA) is 80.9 Å². The second-order valence-electron chi connectivity index (χ2n) is 6.40. The molecule has 0 aliphatic carbocycles. The molecule has 0 saturated heterocycles. The fraction of sp³-hybridized carbons (Fsp3) is 0.474. The van der Waals surface area contributed by atoms with E-state index in [2.05, 4.69) is 34.6 Å². The summed E-state index contributed by atoms with van der Waals surface area (Å²) in [7, 11) is 0. The average Bonchev–Trinajstić information content (AvgIpc) is 2.98. The molecule has 0 radical (unpaired) electrons. The van der Waals surface area contributed by atoms with Gasteiger partial charge in [0.15, 0.2) is 23.2 Å². The number of halogens is 1. The molecule has 2 aromatic rings. The number of anilines is 1. The van der Waals surface area contributed by atoms with Crippen LogP contribution in [0.15, 0.2) is 33.8 Å². The molecule has 1 aromatic carbocycles. The van der Waals surface area contributed by atoms with Gasteiger partial charge in [-0.3, -0.25) is 0 Å². The van der Waals surface area contributed by atoms with E-state index in [1.54, 1.807) is 0 Å². The summed E-state index contributed by atoms with van der Waals surface area (Å²) >= 11 is 0. The van der Waals surface area contributed by atoms with Gasteiger partial charge in [-0.2, -0.15) is 0 Å². The Bertz CT molecular complexity index is 761. The lowest BCUT2D eigenvalue weighted by Crippen LogP contribution is -2.30. The first-order chi connectivity index (χ1) is 12.7. The van der Waals surface area contributed by atoms with E-state index in [0.717, 1.165) is 41.6 Å². The fourth-order valence-corrected chi connectivity index (χ4v) is 2.52. The molecule has 2 heterocycles. The maximum Gasteiger partial charge on any atom is 0.196 e. The Morgan fingerprint density at radius 1 is 1.19 bits per heavy atom. The number of ether oxygens (including phenoxy) is 2. The highest BCUT2D eigenvalue weighted by Gasteiger charge is 2.12. The summed E-state index contributed by atoms with van der Waals surface area (Å²) in [6, 6.07) is 7.74. The zero-order chi connectivity index (χ0) is 18.4. The van der Waals surface area contributed by atoms with E-state index < -0.39 is 0 Å². The summed E-state index contributed by atoms with van der Waals surface area (Å²) in [5.74, 6) is 3.27. The summed E-state index contributed by atoms with van der Waals surface area (Å²) in [6.07, 6.45) is 0.886.